The standard InChI is InChI=1S/C13H16N4O2S2/c1-13(2,3)11-16-8(7-21-11)6-15-9(18)10(19)17-12-14-4-5-20-12/h4-5,7H,6H2,1-3H3,(H,15,18)(H,14,17,19). The van der Waals surface area contributed by atoms with E-state index < -0.39 is 11.8 Å². The van der Waals surface area contributed by atoms with E-state index in [2.05, 4.69) is 41.4 Å². The van der Waals surface area contributed by atoms with E-state index in [0.717, 1.165) is 10.7 Å². The van der Waals surface area contributed by atoms with Crippen LogP contribution in [0, 0.1) is 0 Å². The van der Waals surface area contributed by atoms with Crippen molar-refractivity contribution in [1.82, 2.24) is 15.3 Å². The SMILES string of the molecule is CC(C)(C)c1nc(CNC(=O)C(=O)Nc2nccs2)cs1. The van der Waals surface area contributed by atoms with E-state index in [1.54, 1.807) is 22.9 Å². The highest BCUT2D eigenvalue weighted by atomic mass is 32.1. The molecular formula is C13H16N4O2S2. The molecular weight excluding hydrogens is 308 g/mol. The first-order valence-corrected chi connectivity index (χ1v) is 8.06. The van der Waals surface area contributed by atoms with Crippen LogP contribution in [0.3, 0.4) is 0 Å². The van der Waals surface area contributed by atoms with Gasteiger partial charge in [0.05, 0.1) is 17.2 Å². The van der Waals surface area contributed by atoms with Crippen LogP contribution in [0.5, 0.6) is 0 Å². The van der Waals surface area contributed by atoms with Crippen molar-refractivity contribution in [3.63, 3.8) is 0 Å². The Labute approximate surface area is 130 Å². The third-order valence-electron chi connectivity index (χ3n) is 2.48. The van der Waals surface area contributed by atoms with E-state index >= 15 is 0 Å². The maximum Gasteiger partial charge on any atom is 0.315 e. The molecule has 0 unspecified atom stereocenters. The van der Waals surface area contributed by atoms with Crippen LogP contribution in [0.4, 0.5) is 5.13 Å². The summed E-state index contributed by atoms with van der Waals surface area (Å²) < 4.78 is 0. The molecule has 0 aromatic carbocycles. The van der Waals surface area contributed by atoms with Crippen LogP contribution >= 0.6 is 22.7 Å². The summed E-state index contributed by atoms with van der Waals surface area (Å²) in [5, 5.41) is 9.98. The Balaban J connectivity index is 1.86. The molecule has 2 aromatic heterocycles. The van der Waals surface area contributed by atoms with E-state index in [9.17, 15) is 9.59 Å². The van der Waals surface area contributed by atoms with Gasteiger partial charge in [0.1, 0.15) is 0 Å². The summed E-state index contributed by atoms with van der Waals surface area (Å²) >= 11 is 2.80. The van der Waals surface area contributed by atoms with E-state index in [1.807, 2.05) is 5.38 Å². The number of anilines is 1. The van der Waals surface area contributed by atoms with Crippen molar-refractivity contribution in [2.24, 2.45) is 0 Å². The Bertz CT molecular complexity index is 629. The first-order chi connectivity index (χ1) is 9.86. The first kappa shape index (κ1) is 15.6. The van der Waals surface area contributed by atoms with Crippen molar-refractivity contribution in [3.8, 4) is 0 Å². The van der Waals surface area contributed by atoms with Crippen LogP contribution < -0.4 is 10.6 Å². The van der Waals surface area contributed by atoms with Gasteiger partial charge in [-0.25, -0.2) is 9.97 Å². The highest BCUT2D eigenvalue weighted by Gasteiger charge is 2.19. The molecule has 2 rings (SSSR count). The second-order valence-electron chi connectivity index (χ2n) is 5.37. The number of hydrogen-bond donors (Lipinski definition) is 2. The third-order valence-corrected chi connectivity index (χ3v) is 4.49. The fraction of sp³-hybridized carbons (Fsp3) is 0.385. The molecule has 112 valence electrons. The van der Waals surface area contributed by atoms with Crippen LogP contribution in [-0.2, 0) is 21.5 Å². The average molecular weight is 324 g/mol. The van der Waals surface area contributed by atoms with E-state index in [1.165, 1.54) is 11.3 Å². The maximum atomic E-state index is 11.7. The Morgan fingerprint density at radius 2 is 2.00 bits per heavy atom. The number of thiazole rings is 2. The van der Waals surface area contributed by atoms with Gasteiger partial charge in [-0.2, -0.15) is 0 Å². The summed E-state index contributed by atoms with van der Waals surface area (Å²) in [4.78, 5) is 31.6. The normalized spacial score (nSPS) is 11.2. The first-order valence-electron chi connectivity index (χ1n) is 6.30. The molecule has 2 heterocycles. The minimum atomic E-state index is -0.726. The Morgan fingerprint density at radius 1 is 1.24 bits per heavy atom. The van der Waals surface area contributed by atoms with Crippen LogP contribution in [0.15, 0.2) is 17.0 Å². The van der Waals surface area contributed by atoms with Gasteiger partial charge in [0, 0.05) is 22.4 Å². The molecule has 2 amide bonds. The number of carbonyl (C=O) groups is 2. The van der Waals surface area contributed by atoms with Gasteiger partial charge in [0.15, 0.2) is 5.13 Å². The average Bonchev–Trinajstić information content (AvgIpc) is 3.05. The molecule has 8 heteroatoms. The molecule has 0 aliphatic heterocycles. The maximum absolute atomic E-state index is 11.7. The number of hydrogen-bond acceptors (Lipinski definition) is 6. The van der Waals surface area contributed by atoms with Gasteiger partial charge in [-0.3, -0.25) is 14.9 Å². The summed E-state index contributed by atoms with van der Waals surface area (Å²) in [5.74, 6) is -1.42. The number of carbonyl (C=O) groups excluding carboxylic acids is 2. The van der Waals surface area contributed by atoms with Gasteiger partial charge in [-0.1, -0.05) is 20.8 Å². The second-order valence-corrected chi connectivity index (χ2v) is 7.12. The summed E-state index contributed by atoms with van der Waals surface area (Å²) in [6.07, 6.45) is 1.56. The fourth-order valence-electron chi connectivity index (χ4n) is 1.42. The molecule has 0 bridgehead atoms. The summed E-state index contributed by atoms with van der Waals surface area (Å²) in [6, 6.07) is 0. The zero-order chi connectivity index (χ0) is 15.5. The lowest BCUT2D eigenvalue weighted by Gasteiger charge is -2.13. The van der Waals surface area contributed by atoms with E-state index in [0.29, 0.717) is 5.13 Å². The number of nitrogens with zero attached hydrogens (tertiary/aromatic N) is 2. The topological polar surface area (TPSA) is 84.0 Å². The van der Waals surface area contributed by atoms with Crippen molar-refractivity contribution < 1.29 is 9.59 Å². The van der Waals surface area contributed by atoms with Gasteiger partial charge >= 0.3 is 11.8 Å². The smallest absolute Gasteiger partial charge is 0.315 e. The molecule has 2 N–H and O–H groups in total. The van der Waals surface area contributed by atoms with Gasteiger partial charge in [0.25, 0.3) is 0 Å². The van der Waals surface area contributed by atoms with Crippen molar-refractivity contribution in [2.75, 3.05) is 5.32 Å². The molecule has 0 saturated carbocycles. The third kappa shape index (κ3) is 4.33. The fourth-order valence-corrected chi connectivity index (χ4v) is 2.85. The van der Waals surface area contributed by atoms with E-state index in [-0.39, 0.29) is 12.0 Å². The molecule has 21 heavy (non-hydrogen) atoms. The van der Waals surface area contributed by atoms with Crippen molar-refractivity contribution in [3.05, 3.63) is 27.7 Å². The number of nitrogens with one attached hydrogen (secondary N) is 2. The van der Waals surface area contributed by atoms with Crippen LogP contribution in [0.1, 0.15) is 31.5 Å². The summed E-state index contributed by atoms with van der Waals surface area (Å²) in [7, 11) is 0. The lowest BCUT2D eigenvalue weighted by molar-refractivity contribution is -0.136. The highest BCUT2D eigenvalue weighted by molar-refractivity contribution is 7.13. The molecule has 0 spiro atoms. The van der Waals surface area contributed by atoms with Crippen molar-refractivity contribution in [2.45, 2.75) is 32.7 Å². The van der Waals surface area contributed by atoms with Crippen molar-refractivity contribution >= 4 is 39.6 Å². The Morgan fingerprint density at radius 3 is 2.57 bits per heavy atom. The van der Waals surface area contributed by atoms with Gasteiger partial charge in [0.2, 0.25) is 0 Å². The van der Waals surface area contributed by atoms with Gasteiger partial charge in [-0.05, 0) is 0 Å². The molecule has 0 aliphatic rings. The Hall–Kier alpha value is -1.80. The monoisotopic (exact) mass is 324 g/mol. The van der Waals surface area contributed by atoms with Crippen LogP contribution in [0.25, 0.3) is 0 Å². The summed E-state index contributed by atoms with van der Waals surface area (Å²) in [6.45, 7) is 6.47. The van der Waals surface area contributed by atoms with Crippen LogP contribution in [0.2, 0.25) is 0 Å². The number of aromatic nitrogens is 2. The van der Waals surface area contributed by atoms with Crippen LogP contribution in [-0.4, -0.2) is 21.8 Å². The molecule has 0 radical (unpaired) electrons. The second kappa shape index (κ2) is 6.31. The molecule has 0 fully saturated rings. The highest BCUT2D eigenvalue weighted by Crippen LogP contribution is 2.25. The molecule has 2 aromatic rings. The molecule has 0 aliphatic carbocycles. The zero-order valence-electron chi connectivity index (χ0n) is 12.0. The van der Waals surface area contributed by atoms with Gasteiger partial charge in [-0.15, -0.1) is 22.7 Å². The zero-order valence-corrected chi connectivity index (χ0v) is 13.6. The minimum Gasteiger partial charge on any atom is -0.342 e. The number of rotatable bonds is 3. The molecule has 0 saturated heterocycles. The largest absolute Gasteiger partial charge is 0.342 e. The predicted octanol–water partition coefficient (Wildman–Crippen LogP) is 2.15. The van der Waals surface area contributed by atoms with E-state index in [4.69, 9.17) is 0 Å². The van der Waals surface area contributed by atoms with Crippen molar-refractivity contribution in [1.29, 1.82) is 0 Å². The lowest BCUT2D eigenvalue weighted by Crippen LogP contribution is -2.35. The quantitative estimate of drug-likeness (QED) is 0.847. The Kier molecular flexibility index (Phi) is 4.69. The molecule has 0 atom stereocenters. The molecule has 6 nitrogen and oxygen atoms in total. The summed E-state index contributed by atoms with van der Waals surface area (Å²) in [5.41, 5.74) is 0.732. The lowest BCUT2D eigenvalue weighted by atomic mass is 9.98. The number of amides is 2. The van der Waals surface area contributed by atoms with Gasteiger partial charge < -0.3 is 5.32 Å². The predicted molar refractivity (Wildman–Crippen MR) is 83.4 cm³/mol. The minimum absolute atomic E-state index is 0.0187.